The monoisotopic (exact) mass is 682 g/mol. The molecule has 2 heterocycles. The van der Waals surface area contributed by atoms with Crippen LogP contribution in [0.15, 0.2) is 146 Å². The van der Waals surface area contributed by atoms with Crippen LogP contribution in [0.5, 0.6) is 0 Å². The molecule has 5 aliphatic carbocycles. The van der Waals surface area contributed by atoms with Crippen LogP contribution in [0, 0.1) is 23.7 Å². The molecule has 0 atom stereocenters. The summed E-state index contributed by atoms with van der Waals surface area (Å²) in [5.41, 5.74) is 12.8. The average molecular weight is 683 g/mol. The normalized spacial score (nSPS) is 23.5. The Balaban J connectivity index is 1.10. The molecule has 4 nitrogen and oxygen atoms in total. The van der Waals surface area contributed by atoms with E-state index in [1.807, 2.05) is 36.4 Å². The maximum absolute atomic E-state index is 5.10. The van der Waals surface area contributed by atoms with Gasteiger partial charge in [-0.2, -0.15) is 0 Å². The molecule has 5 aliphatic rings. The summed E-state index contributed by atoms with van der Waals surface area (Å²) in [4.78, 5) is 15.2. The summed E-state index contributed by atoms with van der Waals surface area (Å²) in [5, 5.41) is 2.61. The van der Waals surface area contributed by atoms with Gasteiger partial charge in [0.25, 0.3) is 0 Å². The SMILES string of the molecule is c1ccc(-c2nc(-c3ccccc3)nc(-c3cccc(-n4c5ccccc5c5ccc6c(c54)-c4ccccc4C64C5CC6CC(C5)CC4C6)c3)n2)cc1. The van der Waals surface area contributed by atoms with Crippen molar-refractivity contribution in [2.45, 2.75) is 37.5 Å². The largest absolute Gasteiger partial charge is 0.309 e. The number of nitrogens with zero attached hydrogens (tertiary/aromatic N) is 4. The Labute approximate surface area is 309 Å². The Morgan fingerprint density at radius 3 is 1.75 bits per heavy atom. The van der Waals surface area contributed by atoms with Crippen LogP contribution in [-0.4, -0.2) is 19.5 Å². The maximum Gasteiger partial charge on any atom is 0.164 e. The summed E-state index contributed by atoms with van der Waals surface area (Å²) in [7, 11) is 0. The van der Waals surface area contributed by atoms with Crippen molar-refractivity contribution in [3.05, 3.63) is 157 Å². The quantitative estimate of drug-likeness (QED) is 0.186. The van der Waals surface area contributed by atoms with Crippen molar-refractivity contribution >= 4 is 21.8 Å². The van der Waals surface area contributed by atoms with E-state index >= 15 is 0 Å². The summed E-state index contributed by atoms with van der Waals surface area (Å²) in [6, 6.07) is 52.7. The van der Waals surface area contributed by atoms with Crippen LogP contribution in [0.4, 0.5) is 0 Å². The van der Waals surface area contributed by atoms with Crippen molar-refractivity contribution in [3.8, 4) is 51.0 Å². The van der Waals surface area contributed by atoms with Crippen molar-refractivity contribution in [2.24, 2.45) is 23.7 Å². The Morgan fingerprint density at radius 1 is 0.472 bits per heavy atom. The van der Waals surface area contributed by atoms with E-state index in [0.717, 1.165) is 46.0 Å². The first kappa shape index (κ1) is 29.7. The molecule has 0 amide bonds. The van der Waals surface area contributed by atoms with E-state index in [0.29, 0.717) is 17.5 Å². The van der Waals surface area contributed by atoms with Crippen molar-refractivity contribution in [1.29, 1.82) is 0 Å². The fourth-order valence-electron chi connectivity index (χ4n) is 11.7. The van der Waals surface area contributed by atoms with Crippen LogP contribution < -0.4 is 0 Å². The minimum atomic E-state index is 0.114. The predicted octanol–water partition coefficient (Wildman–Crippen LogP) is 11.7. The lowest BCUT2D eigenvalue weighted by Gasteiger charge is -2.61. The third-order valence-electron chi connectivity index (χ3n) is 13.4. The fourth-order valence-corrected chi connectivity index (χ4v) is 11.7. The first-order valence-electron chi connectivity index (χ1n) is 19.4. The van der Waals surface area contributed by atoms with Crippen molar-refractivity contribution in [3.63, 3.8) is 0 Å². The molecule has 4 fully saturated rings. The predicted molar refractivity (Wildman–Crippen MR) is 214 cm³/mol. The topological polar surface area (TPSA) is 43.6 Å². The van der Waals surface area contributed by atoms with E-state index in [4.69, 9.17) is 15.0 Å². The molecule has 6 aromatic carbocycles. The molecule has 4 heteroatoms. The van der Waals surface area contributed by atoms with Gasteiger partial charge in [0.1, 0.15) is 0 Å². The second-order valence-electron chi connectivity index (χ2n) is 16.0. The standard InChI is InChI=1S/C49H38N4/c1-3-12-32(13-4-1)46-50-47(33-14-5-2-6-15-33)52-48(51-46)34-16-11-17-37(29-34)53-43-21-10-8-18-38(43)39-22-23-42-44(45(39)53)40-19-7-9-20-41(40)49(42)35-25-30-24-31(27-35)28-36(49)26-30/h1-23,29-31,35-36H,24-28H2. The highest BCUT2D eigenvalue weighted by atomic mass is 15.0. The Morgan fingerprint density at radius 2 is 1.06 bits per heavy atom. The first-order valence-corrected chi connectivity index (χ1v) is 19.4. The van der Waals surface area contributed by atoms with Gasteiger partial charge in [-0.25, -0.2) is 15.0 Å². The maximum atomic E-state index is 5.10. The smallest absolute Gasteiger partial charge is 0.164 e. The molecule has 53 heavy (non-hydrogen) atoms. The Kier molecular flexibility index (Phi) is 6.20. The van der Waals surface area contributed by atoms with Crippen molar-refractivity contribution < 1.29 is 0 Å². The number of aromatic nitrogens is 4. The number of hydrogen-bond donors (Lipinski definition) is 0. The zero-order valence-electron chi connectivity index (χ0n) is 29.5. The minimum Gasteiger partial charge on any atom is -0.309 e. The molecule has 0 aliphatic heterocycles. The molecule has 0 saturated heterocycles. The van der Waals surface area contributed by atoms with E-state index < -0.39 is 0 Å². The average Bonchev–Trinajstić information content (AvgIpc) is 3.71. The zero-order chi connectivity index (χ0) is 34.7. The lowest BCUT2D eigenvalue weighted by atomic mass is 9.43. The summed E-state index contributed by atoms with van der Waals surface area (Å²) >= 11 is 0. The van der Waals surface area contributed by atoms with Gasteiger partial charge >= 0.3 is 0 Å². The summed E-state index contributed by atoms with van der Waals surface area (Å²) < 4.78 is 2.54. The van der Waals surface area contributed by atoms with Crippen LogP contribution in [0.3, 0.4) is 0 Å². The second-order valence-corrected chi connectivity index (χ2v) is 16.0. The van der Waals surface area contributed by atoms with Gasteiger partial charge in [-0.3, -0.25) is 0 Å². The highest BCUT2D eigenvalue weighted by molar-refractivity contribution is 6.15. The molecular weight excluding hydrogens is 645 g/mol. The van der Waals surface area contributed by atoms with Crippen LogP contribution in [0.2, 0.25) is 0 Å². The number of benzene rings is 6. The zero-order valence-corrected chi connectivity index (χ0v) is 29.5. The minimum absolute atomic E-state index is 0.114. The van der Waals surface area contributed by atoms with Gasteiger partial charge in [-0.05, 0) is 90.7 Å². The van der Waals surface area contributed by atoms with E-state index in [1.54, 1.807) is 11.1 Å². The van der Waals surface area contributed by atoms with Gasteiger partial charge in [-0.1, -0.05) is 127 Å². The summed E-state index contributed by atoms with van der Waals surface area (Å²) in [6.45, 7) is 0. The molecule has 0 unspecified atom stereocenters. The molecule has 4 bridgehead atoms. The first-order chi connectivity index (χ1) is 26.2. The number of fused-ring (bicyclic) bond motifs is 7. The molecule has 0 radical (unpaired) electrons. The van der Waals surface area contributed by atoms with Crippen LogP contribution in [-0.2, 0) is 5.41 Å². The van der Waals surface area contributed by atoms with Gasteiger partial charge in [-0.15, -0.1) is 0 Å². The van der Waals surface area contributed by atoms with E-state index in [-0.39, 0.29) is 5.41 Å². The van der Waals surface area contributed by atoms with Gasteiger partial charge in [0.15, 0.2) is 17.5 Å². The second kappa shape index (κ2) is 11.1. The van der Waals surface area contributed by atoms with Gasteiger partial charge in [0.2, 0.25) is 0 Å². The number of hydrogen-bond acceptors (Lipinski definition) is 3. The molecule has 4 saturated carbocycles. The molecule has 1 spiro atoms. The van der Waals surface area contributed by atoms with Crippen molar-refractivity contribution in [2.75, 3.05) is 0 Å². The molecule has 8 aromatic rings. The lowest BCUT2D eigenvalue weighted by Crippen LogP contribution is -2.55. The van der Waals surface area contributed by atoms with E-state index in [1.165, 1.54) is 65.0 Å². The summed E-state index contributed by atoms with van der Waals surface area (Å²) in [6.07, 6.45) is 6.98. The van der Waals surface area contributed by atoms with Gasteiger partial charge in [0.05, 0.1) is 11.0 Å². The van der Waals surface area contributed by atoms with Gasteiger partial charge < -0.3 is 4.57 Å². The molecular formula is C49H38N4. The molecule has 0 N–H and O–H groups in total. The highest BCUT2D eigenvalue weighted by Crippen LogP contribution is 2.70. The number of rotatable bonds is 4. The van der Waals surface area contributed by atoms with E-state index in [9.17, 15) is 0 Å². The number of para-hydroxylation sites is 1. The molecule has 13 rings (SSSR count). The van der Waals surface area contributed by atoms with Gasteiger partial charge in [0, 0.05) is 44.1 Å². The molecule has 2 aromatic heterocycles. The lowest BCUT2D eigenvalue weighted by molar-refractivity contribution is -0.0399. The van der Waals surface area contributed by atoms with Crippen LogP contribution >= 0.6 is 0 Å². The Bertz CT molecular complexity index is 2660. The van der Waals surface area contributed by atoms with Crippen LogP contribution in [0.1, 0.15) is 43.2 Å². The molecule has 254 valence electrons. The third kappa shape index (κ3) is 4.15. The van der Waals surface area contributed by atoms with E-state index in [2.05, 4.69) is 114 Å². The van der Waals surface area contributed by atoms with Crippen molar-refractivity contribution in [1.82, 2.24) is 19.5 Å². The highest BCUT2D eigenvalue weighted by Gasteiger charge is 2.61. The summed E-state index contributed by atoms with van der Waals surface area (Å²) in [5.74, 6) is 5.29. The van der Waals surface area contributed by atoms with Crippen LogP contribution in [0.25, 0.3) is 72.8 Å². The Hall–Kier alpha value is -5.87. The third-order valence-corrected chi connectivity index (χ3v) is 13.4. The fraction of sp³-hybridized carbons (Fsp3) is 0.204.